The minimum atomic E-state index is -3.47. The lowest BCUT2D eigenvalue weighted by Crippen LogP contribution is -2.45. The van der Waals surface area contributed by atoms with Crippen molar-refractivity contribution in [3.05, 3.63) is 95.6 Å². The number of nitrogens with zero attached hydrogens (tertiary/aromatic N) is 2. The molecular weight excluding hydrogens is 640 g/mol. The molecule has 49 heavy (non-hydrogen) atoms. The van der Waals surface area contributed by atoms with E-state index in [1.165, 1.54) is 0 Å². The molecule has 3 aliphatic rings. The molecule has 3 heterocycles. The molecule has 11 heteroatoms. The van der Waals surface area contributed by atoms with Crippen LogP contribution in [0.3, 0.4) is 0 Å². The topological polar surface area (TPSA) is 111 Å². The van der Waals surface area contributed by atoms with Gasteiger partial charge in [0, 0.05) is 42.3 Å². The molecule has 260 valence electrons. The summed E-state index contributed by atoms with van der Waals surface area (Å²) in [7, 11) is -3.47. The van der Waals surface area contributed by atoms with Gasteiger partial charge in [-0.1, -0.05) is 67.6 Å². The van der Waals surface area contributed by atoms with Crippen molar-refractivity contribution in [2.24, 2.45) is 11.8 Å². The molecular formula is C38H47FN4O5Si. The van der Waals surface area contributed by atoms with E-state index in [1.807, 2.05) is 85.8 Å². The van der Waals surface area contributed by atoms with Crippen LogP contribution in [0.25, 0.3) is 0 Å². The number of carbonyl (C=O) groups excluding carboxylic acids is 3. The van der Waals surface area contributed by atoms with E-state index in [2.05, 4.69) is 10.6 Å². The number of para-hydroxylation sites is 1. The molecule has 2 fully saturated rings. The second-order valence-electron chi connectivity index (χ2n) is 14.1. The van der Waals surface area contributed by atoms with Crippen LogP contribution in [0.5, 0.6) is 0 Å². The van der Waals surface area contributed by atoms with Gasteiger partial charge < -0.3 is 34.4 Å². The Hall–Kier alpha value is -3.90. The molecule has 3 N–H and O–H groups in total. The molecule has 3 aromatic carbocycles. The molecule has 2 saturated heterocycles. The molecule has 9 nitrogen and oxygen atoms in total. The second kappa shape index (κ2) is 14.5. The van der Waals surface area contributed by atoms with Gasteiger partial charge in [0.05, 0.1) is 37.3 Å². The maximum atomic E-state index is 16.3. The summed E-state index contributed by atoms with van der Waals surface area (Å²) in [5.74, 6) is -1.10. The molecule has 1 spiro atoms. The molecule has 5 atom stereocenters. The standard InChI is InChI=1S/C38H47FN4O5Si/c1-26-35(49(2,3)39)33(22-34(45)42(20-21-44)24-27-10-5-4-6-11-27)48-38(26)31-13-7-8-14-32(31)43(37(38)47)25-28-15-17-30(18-16-28)41-36(46)29-12-9-19-40-23-29/h4-8,10-11,13-18,26,29,33,35,40,44H,9,12,19-25H2,1-3H3,(H,41,46)/t26-,29?,33+,35-,38+/m1/s1. The molecule has 0 radical (unpaired) electrons. The third-order valence-electron chi connectivity index (χ3n) is 10.4. The van der Waals surface area contributed by atoms with Crippen LogP contribution in [0.2, 0.25) is 18.6 Å². The zero-order valence-electron chi connectivity index (χ0n) is 28.5. The minimum Gasteiger partial charge on any atom is -0.395 e. The Morgan fingerprint density at radius 3 is 2.45 bits per heavy atom. The summed E-state index contributed by atoms with van der Waals surface area (Å²) in [6.45, 7) is 7.25. The highest BCUT2D eigenvalue weighted by atomic mass is 28.4. The number of halogens is 1. The Kier molecular flexibility index (Phi) is 10.4. The highest BCUT2D eigenvalue weighted by molar-refractivity contribution is 6.72. The number of ether oxygens (including phenoxy) is 1. The van der Waals surface area contributed by atoms with Crippen LogP contribution < -0.4 is 15.5 Å². The summed E-state index contributed by atoms with van der Waals surface area (Å²) >= 11 is 0. The van der Waals surface area contributed by atoms with E-state index in [9.17, 15) is 19.5 Å². The number of anilines is 2. The maximum Gasteiger partial charge on any atom is 0.264 e. The first-order valence-corrected chi connectivity index (χ1v) is 20.3. The minimum absolute atomic E-state index is 0.000570. The van der Waals surface area contributed by atoms with Crippen LogP contribution >= 0.6 is 0 Å². The molecule has 0 aromatic heterocycles. The van der Waals surface area contributed by atoms with Crippen LogP contribution in [0, 0.1) is 11.8 Å². The molecule has 0 bridgehead atoms. The van der Waals surface area contributed by atoms with Crippen LogP contribution in [-0.2, 0) is 37.8 Å². The summed E-state index contributed by atoms with van der Waals surface area (Å²) in [4.78, 5) is 44.5. The SMILES string of the molecule is C[C@@H]1[C@@H]([Si](C)(C)F)[C@H](CC(=O)N(CCO)Cc2ccccc2)O[C@@]12C(=O)N(Cc1ccc(NC(=O)C3CCCNC3)cc1)c1ccccc12. The van der Waals surface area contributed by atoms with Crippen molar-refractivity contribution in [3.63, 3.8) is 0 Å². The first kappa shape index (κ1) is 34.9. The van der Waals surface area contributed by atoms with Gasteiger partial charge in [0.1, 0.15) is 0 Å². The highest BCUT2D eigenvalue weighted by Crippen LogP contribution is 2.60. The number of hydrogen-bond acceptors (Lipinski definition) is 6. The number of fused-ring (bicyclic) bond motifs is 2. The van der Waals surface area contributed by atoms with Gasteiger partial charge in [-0.3, -0.25) is 14.4 Å². The Bertz CT molecular complexity index is 1650. The van der Waals surface area contributed by atoms with E-state index in [-0.39, 0.29) is 49.8 Å². The summed E-state index contributed by atoms with van der Waals surface area (Å²) < 4.78 is 23.1. The Morgan fingerprint density at radius 1 is 1.06 bits per heavy atom. The molecule has 3 amide bonds. The van der Waals surface area contributed by atoms with Crippen molar-refractivity contribution in [1.82, 2.24) is 10.2 Å². The van der Waals surface area contributed by atoms with Crippen molar-refractivity contribution in [1.29, 1.82) is 0 Å². The first-order valence-electron chi connectivity index (χ1n) is 17.3. The van der Waals surface area contributed by atoms with E-state index in [0.29, 0.717) is 30.0 Å². The van der Waals surface area contributed by atoms with E-state index in [0.717, 1.165) is 30.5 Å². The molecule has 6 rings (SSSR count). The lowest BCUT2D eigenvalue weighted by molar-refractivity contribution is -0.150. The van der Waals surface area contributed by atoms with E-state index in [4.69, 9.17) is 4.74 Å². The summed E-state index contributed by atoms with van der Waals surface area (Å²) in [5.41, 5.74) is 1.82. The van der Waals surface area contributed by atoms with Crippen molar-refractivity contribution >= 4 is 37.5 Å². The monoisotopic (exact) mass is 686 g/mol. The quantitative estimate of drug-likeness (QED) is 0.185. The van der Waals surface area contributed by atoms with Gasteiger partial charge in [-0.2, -0.15) is 0 Å². The number of amides is 3. The van der Waals surface area contributed by atoms with Crippen LogP contribution in [-0.4, -0.2) is 68.5 Å². The van der Waals surface area contributed by atoms with Gasteiger partial charge in [0.2, 0.25) is 20.2 Å². The Labute approximate surface area is 289 Å². The van der Waals surface area contributed by atoms with E-state index in [1.54, 1.807) is 22.9 Å². The van der Waals surface area contributed by atoms with Crippen LogP contribution in [0.4, 0.5) is 15.5 Å². The fraction of sp³-hybridized carbons (Fsp3) is 0.447. The third kappa shape index (κ3) is 7.08. The second-order valence-corrected chi connectivity index (χ2v) is 17.9. The molecule has 0 aliphatic carbocycles. The van der Waals surface area contributed by atoms with Crippen molar-refractivity contribution in [2.45, 2.75) is 69.6 Å². The van der Waals surface area contributed by atoms with Gasteiger partial charge in [-0.05, 0) is 61.8 Å². The first-order chi connectivity index (χ1) is 23.5. The zero-order valence-corrected chi connectivity index (χ0v) is 29.5. The lowest BCUT2D eigenvalue weighted by Gasteiger charge is -2.31. The highest BCUT2D eigenvalue weighted by Gasteiger charge is 2.67. The van der Waals surface area contributed by atoms with Crippen molar-refractivity contribution < 1.29 is 28.3 Å². The van der Waals surface area contributed by atoms with E-state index < -0.39 is 31.6 Å². The van der Waals surface area contributed by atoms with Crippen LogP contribution in [0.1, 0.15) is 42.9 Å². The predicted molar refractivity (Wildman–Crippen MR) is 190 cm³/mol. The van der Waals surface area contributed by atoms with Gasteiger partial charge in [-0.15, -0.1) is 0 Å². The number of carbonyl (C=O) groups is 3. The number of benzene rings is 3. The lowest BCUT2D eigenvalue weighted by atomic mass is 9.82. The average Bonchev–Trinajstić information content (AvgIpc) is 3.52. The summed E-state index contributed by atoms with van der Waals surface area (Å²) in [6.07, 6.45) is 0.933. The predicted octanol–water partition coefficient (Wildman–Crippen LogP) is 5.36. The van der Waals surface area contributed by atoms with Gasteiger partial charge >= 0.3 is 0 Å². The van der Waals surface area contributed by atoms with Crippen molar-refractivity contribution in [2.75, 3.05) is 36.5 Å². The number of aliphatic hydroxyl groups is 1. The number of piperidine rings is 1. The summed E-state index contributed by atoms with van der Waals surface area (Å²) in [6, 6.07) is 24.5. The summed E-state index contributed by atoms with van der Waals surface area (Å²) in [5, 5.41) is 16.1. The third-order valence-corrected chi connectivity index (χ3v) is 12.9. The van der Waals surface area contributed by atoms with Crippen molar-refractivity contribution in [3.8, 4) is 0 Å². The molecule has 0 saturated carbocycles. The van der Waals surface area contributed by atoms with E-state index >= 15 is 4.11 Å². The van der Waals surface area contributed by atoms with Crippen LogP contribution in [0.15, 0.2) is 78.9 Å². The smallest absolute Gasteiger partial charge is 0.264 e. The Balaban J connectivity index is 1.23. The largest absolute Gasteiger partial charge is 0.395 e. The number of nitrogens with one attached hydrogen (secondary N) is 2. The molecule has 1 unspecified atom stereocenters. The van der Waals surface area contributed by atoms with Gasteiger partial charge in [0.15, 0.2) is 5.60 Å². The van der Waals surface area contributed by atoms with Gasteiger partial charge in [-0.25, -0.2) is 0 Å². The fourth-order valence-corrected chi connectivity index (χ4v) is 10.6. The Morgan fingerprint density at radius 2 is 1.78 bits per heavy atom. The number of rotatable bonds is 11. The normalized spacial score (nSPS) is 25.0. The fourth-order valence-electron chi connectivity index (χ4n) is 8.07. The molecule has 3 aliphatic heterocycles. The zero-order chi connectivity index (χ0) is 34.8. The maximum absolute atomic E-state index is 16.3. The number of hydrogen-bond donors (Lipinski definition) is 3. The average molecular weight is 687 g/mol. The number of aliphatic hydroxyl groups excluding tert-OH is 1. The molecule has 3 aromatic rings. The van der Waals surface area contributed by atoms with Gasteiger partial charge in [0.25, 0.3) is 5.91 Å².